The van der Waals surface area contributed by atoms with Gasteiger partial charge in [0, 0.05) is 12.6 Å². The zero-order valence-corrected chi connectivity index (χ0v) is 12.0. The minimum absolute atomic E-state index is 0.510. The Hall–Kier alpha value is -0.770. The zero-order chi connectivity index (χ0) is 13.1. The molecule has 2 aliphatic carbocycles. The molecule has 3 aliphatic rings. The Bertz CT molecular complexity index is 316. The van der Waals surface area contributed by atoms with Crippen LogP contribution in [0.15, 0.2) is 4.99 Å². The summed E-state index contributed by atoms with van der Waals surface area (Å²) >= 11 is 0. The monoisotopic (exact) mass is 264 g/mol. The Morgan fingerprint density at radius 2 is 1.63 bits per heavy atom. The van der Waals surface area contributed by atoms with E-state index in [0.717, 1.165) is 18.4 Å². The fraction of sp³-hybridized carbons (Fsp3) is 0.933. The molecule has 108 valence electrons. The molecule has 0 bridgehead atoms. The van der Waals surface area contributed by atoms with Crippen LogP contribution in [0.3, 0.4) is 0 Å². The van der Waals surface area contributed by atoms with Crippen LogP contribution in [0.1, 0.15) is 64.2 Å². The van der Waals surface area contributed by atoms with Crippen molar-refractivity contribution in [2.75, 3.05) is 6.54 Å². The van der Waals surface area contributed by atoms with Crippen molar-refractivity contribution in [2.24, 2.45) is 16.8 Å². The average molecular weight is 264 g/mol. The molecule has 0 aromatic heterocycles. The van der Waals surface area contributed by atoms with Crippen LogP contribution in [0.4, 0.5) is 0 Å². The molecule has 2 saturated carbocycles. The highest BCUT2D eigenvalue weighted by Crippen LogP contribution is 2.35. The topological polar surface area (TPSA) is 53.6 Å². The predicted octanol–water partition coefficient (Wildman–Crippen LogP) is 2.40. The van der Waals surface area contributed by atoms with E-state index in [-0.39, 0.29) is 0 Å². The van der Waals surface area contributed by atoms with Crippen LogP contribution in [0.5, 0.6) is 0 Å². The molecule has 1 atom stereocenters. The van der Waals surface area contributed by atoms with E-state index in [2.05, 4.69) is 10.3 Å². The number of rotatable bonds is 2. The number of nitrogens with zero attached hydrogens (tertiary/aromatic N) is 2. The van der Waals surface area contributed by atoms with Crippen LogP contribution in [-0.4, -0.2) is 29.5 Å². The molecular weight excluding hydrogens is 236 g/mol. The molecule has 3 N–H and O–H groups in total. The molecule has 3 rings (SSSR count). The normalized spacial score (nSPS) is 30.5. The fourth-order valence-electron chi connectivity index (χ4n) is 4.29. The summed E-state index contributed by atoms with van der Waals surface area (Å²) in [6.07, 6.45) is 13.4. The van der Waals surface area contributed by atoms with Crippen molar-refractivity contribution in [2.45, 2.75) is 76.3 Å². The van der Waals surface area contributed by atoms with Crippen molar-refractivity contribution in [3.05, 3.63) is 0 Å². The molecular formula is C15H28N4. The third-order valence-corrected chi connectivity index (χ3v) is 5.27. The van der Waals surface area contributed by atoms with Crippen molar-refractivity contribution in [3.8, 4) is 0 Å². The Morgan fingerprint density at radius 1 is 0.947 bits per heavy atom. The number of hydrogen-bond donors (Lipinski definition) is 2. The summed E-state index contributed by atoms with van der Waals surface area (Å²) in [4.78, 5) is 7.38. The van der Waals surface area contributed by atoms with E-state index in [9.17, 15) is 0 Å². The summed E-state index contributed by atoms with van der Waals surface area (Å²) in [7, 11) is 0. The Kier molecular flexibility index (Phi) is 4.26. The Morgan fingerprint density at radius 3 is 2.32 bits per heavy atom. The van der Waals surface area contributed by atoms with E-state index < -0.39 is 0 Å². The van der Waals surface area contributed by atoms with Gasteiger partial charge in [0.15, 0.2) is 0 Å². The lowest BCUT2D eigenvalue weighted by atomic mass is 9.96. The minimum atomic E-state index is 0.510. The molecule has 0 radical (unpaired) electrons. The maximum Gasteiger partial charge on any atom is 0.208 e. The molecule has 1 saturated heterocycles. The molecule has 1 aliphatic heterocycles. The molecule has 0 aromatic rings. The van der Waals surface area contributed by atoms with E-state index in [1.165, 1.54) is 64.2 Å². The van der Waals surface area contributed by atoms with Crippen LogP contribution in [0.2, 0.25) is 0 Å². The van der Waals surface area contributed by atoms with Gasteiger partial charge < -0.3 is 4.90 Å². The van der Waals surface area contributed by atoms with Crippen LogP contribution < -0.4 is 11.3 Å². The molecule has 0 aromatic carbocycles. The quantitative estimate of drug-likeness (QED) is 0.348. The summed E-state index contributed by atoms with van der Waals surface area (Å²) in [5.74, 6) is 7.62. The lowest BCUT2D eigenvalue weighted by Gasteiger charge is -2.32. The summed E-state index contributed by atoms with van der Waals surface area (Å²) in [6, 6.07) is 1.20. The van der Waals surface area contributed by atoms with Crippen molar-refractivity contribution in [3.63, 3.8) is 0 Å². The SMILES string of the molecule is NNC(=NC1CCCC1)N1CCCC1C1CCCC1. The number of hydrazine groups is 1. The van der Waals surface area contributed by atoms with E-state index in [4.69, 9.17) is 10.8 Å². The maximum atomic E-state index is 5.77. The van der Waals surface area contributed by atoms with Crippen molar-refractivity contribution in [1.29, 1.82) is 0 Å². The fourth-order valence-corrected chi connectivity index (χ4v) is 4.29. The first-order valence-corrected chi connectivity index (χ1v) is 8.19. The van der Waals surface area contributed by atoms with Crippen molar-refractivity contribution < 1.29 is 0 Å². The van der Waals surface area contributed by atoms with Gasteiger partial charge in [-0.25, -0.2) is 10.8 Å². The van der Waals surface area contributed by atoms with Crippen LogP contribution in [0, 0.1) is 5.92 Å². The van der Waals surface area contributed by atoms with Gasteiger partial charge in [-0.3, -0.25) is 5.43 Å². The molecule has 1 unspecified atom stereocenters. The van der Waals surface area contributed by atoms with Gasteiger partial charge in [0.05, 0.1) is 6.04 Å². The smallest absolute Gasteiger partial charge is 0.208 e. The third kappa shape index (κ3) is 2.88. The minimum Gasteiger partial charge on any atom is -0.339 e. The van der Waals surface area contributed by atoms with Crippen molar-refractivity contribution >= 4 is 5.96 Å². The van der Waals surface area contributed by atoms with Gasteiger partial charge in [-0.1, -0.05) is 25.7 Å². The summed E-state index contributed by atoms with van der Waals surface area (Å²) in [5.41, 5.74) is 2.90. The van der Waals surface area contributed by atoms with Gasteiger partial charge in [-0.05, 0) is 44.4 Å². The highest BCUT2D eigenvalue weighted by atomic mass is 15.4. The second-order valence-corrected chi connectivity index (χ2v) is 6.48. The lowest BCUT2D eigenvalue weighted by Crippen LogP contribution is -2.49. The van der Waals surface area contributed by atoms with Crippen LogP contribution >= 0.6 is 0 Å². The number of aliphatic imine (C=N–C) groups is 1. The third-order valence-electron chi connectivity index (χ3n) is 5.27. The number of nitrogens with two attached hydrogens (primary N) is 1. The number of likely N-dealkylation sites (tertiary alicyclic amines) is 1. The molecule has 4 heteroatoms. The molecule has 0 spiro atoms. The van der Waals surface area contributed by atoms with E-state index >= 15 is 0 Å². The summed E-state index contributed by atoms with van der Waals surface area (Å²) < 4.78 is 0. The lowest BCUT2D eigenvalue weighted by molar-refractivity contribution is 0.272. The maximum absolute atomic E-state index is 5.77. The highest BCUT2D eigenvalue weighted by molar-refractivity contribution is 5.80. The van der Waals surface area contributed by atoms with Crippen LogP contribution in [-0.2, 0) is 0 Å². The Balaban J connectivity index is 1.69. The molecule has 3 fully saturated rings. The standard InChI is InChI=1S/C15H28N4/c16-18-15(17-13-8-3-4-9-13)19-11-5-10-14(19)12-6-1-2-7-12/h12-14H,1-11,16H2,(H,17,18). The molecule has 0 amide bonds. The summed E-state index contributed by atoms with van der Waals surface area (Å²) in [6.45, 7) is 1.14. The second-order valence-electron chi connectivity index (χ2n) is 6.48. The number of nitrogens with one attached hydrogen (secondary N) is 1. The predicted molar refractivity (Wildman–Crippen MR) is 78.7 cm³/mol. The Labute approximate surface area is 116 Å². The first kappa shape index (κ1) is 13.2. The van der Waals surface area contributed by atoms with E-state index in [1.54, 1.807) is 0 Å². The second kappa shape index (κ2) is 6.12. The molecule has 4 nitrogen and oxygen atoms in total. The molecule has 1 heterocycles. The van der Waals surface area contributed by atoms with Gasteiger partial charge in [-0.15, -0.1) is 0 Å². The van der Waals surface area contributed by atoms with Gasteiger partial charge in [0.25, 0.3) is 0 Å². The van der Waals surface area contributed by atoms with Gasteiger partial charge >= 0.3 is 0 Å². The van der Waals surface area contributed by atoms with Gasteiger partial charge in [0.2, 0.25) is 5.96 Å². The zero-order valence-electron chi connectivity index (χ0n) is 12.0. The van der Waals surface area contributed by atoms with E-state index in [0.29, 0.717) is 12.1 Å². The molecule has 19 heavy (non-hydrogen) atoms. The van der Waals surface area contributed by atoms with Gasteiger partial charge in [0.1, 0.15) is 0 Å². The highest BCUT2D eigenvalue weighted by Gasteiger charge is 2.35. The number of hydrogen-bond acceptors (Lipinski definition) is 2. The first-order chi connectivity index (χ1) is 9.38. The van der Waals surface area contributed by atoms with Crippen molar-refractivity contribution in [1.82, 2.24) is 10.3 Å². The largest absolute Gasteiger partial charge is 0.339 e. The average Bonchev–Trinajstić information content (AvgIpc) is 3.15. The van der Waals surface area contributed by atoms with Crippen LogP contribution in [0.25, 0.3) is 0 Å². The first-order valence-electron chi connectivity index (χ1n) is 8.19. The number of guanidine groups is 1. The van der Waals surface area contributed by atoms with Gasteiger partial charge in [-0.2, -0.15) is 0 Å². The summed E-state index contributed by atoms with van der Waals surface area (Å²) in [5, 5.41) is 0. The van der Waals surface area contributed by atoms with E-state index in [1.807, 2.05) is 0 Å².